The quantitative estimate of drug-likeness (QED) is 0.930. The lowest BCUT2D eigenvalue weighted by Crippen LogP contribution is -2.41. The first-order valence-electron chi connectivity index (χ1n) is 6.83. The van der Waals surface area contributed by atoms with Crippen LogP contribution in [0, 0.1) is 0 Å². The number of aliphatic hydroxyl groups is 1. The van der Waals surface area contributed by atoms with Gasteiger partial charge in [-0.2, -0.15) is 0 Å². The number of fused-ring (bicyclic) bond motifs is 1. The summed E-state index contributed by atoms with van der Waals surface area (Å²) in [6, 6.07) is 9.32. The number of benzene rings is 1. The third-order valence-corrected chi connectivity index (χ3v) is 3.20. The summed E-state index contributed by atoms with van der Waals surface area (Å²) in [6.45, 7) is 5.92. The zero-order valence-electron chi connectivity index (χ0n) is 12.1. The van der Waals surface area contributed by atoms with Gasteiger partial charge in [-0.05, 0) is 45.0 Å². The summed E-state index contributed by atoms with van der Waals surface area (Å²) in [5.41, 5.74) is 1.50. The van der Waals surface area contributed by atoms with E-state index in [-0.39, 0.29) is 11.9 Å². The molecule has 4 nitrogen and oxygen atoms in total. The molecule has 4 heteroatoms. The number of carbonyl (C=O) groups excluding carboxylic acids is 1. The minimum atomic E-state index is -0.538. The third-order valence-electron chi connectivity index (χ3n) is 3.20. The summed E-state index contributed by atoms with van der Waals surface area (Å²) in [4.78, 5) is 18.5. The van der Waals surface area contributed by atoms with Crippen LogP contribution in [0.2, 0.25) is 0 Å². The average molecular weight is 272 g/mol. The monoisotopic (exact) mass is 272 g/mol. The zero-order chi connectivity index (χ0) is 14.7. The highest BCUT2D eigenvalue weighted by Crippen LogP contribution is 2.16. The van der Waals surface area contributed by atoms with E-state index in [0.29, 0.717) is 12.1 Å². The van der Waals surface area contributed by atoms with Crippen LogP contribution in [0.15, 0.2) is 36.5 Å². The zero-order valence-corrected chi connectivity index (χ0v) is 12.1. The Kier molecular flexibility index (Phi) is 4.35. The van der Waals surface area contributed by atoms with E-state index >= 15 is 0 Å². The van der Waals surface area contributed by atoms with Gasteiger partial charge < -0.3 is 10.0 Å². The van der Waals surface area contributed by atoms with Gasteiger partial charge in [0.15, 0.2) is 0 Å². The Bertz CT molecular complexity index is 608. The molecule has 2 rings (SSSR count). The van der Waals surface area contributed by atoms with Crippen LogP contribution in [-0.4, -0.2) is 39.6 Å². The summed E-state index contributed by atoms with van der Waals surface area (Å²) in [5, 5.41) is 10.5. The first-order chi connectivity index (χ1) is 9.49. The van der Waals surface area contributed by atoms with Gasteiger partial charge >= 0.3 is 0 Å². The van der Waals surface area contributed by atoms with E-state index in [1.54, 1.807) is 24.1 Å². The summed E-state index contributed by atoms with van der Waals surface area (Å²) < 4.78 is 0. The van der Waals surface area contributed by atoms with Gasteiger partial charge in [0.25, 0.3) is 5.91 Å². The van der Waals surface area contributed by atoms with Crippen LogP contribution in [0.3, 0.4) is 0 Å². The predicted molar refractivity (Wildman–Crippen MR) is 79.6 cm³/mol. The maximum Gasteiger partial charge on any atom is 0.254 e. The molecule has 0 saturated carbocycles. The Morgan fingerprint density at radius 3 is 2.70 bits per heavy atom. The highest BCUT2D eigenvalue weighted by atomic mass is 16.3. The molecule has 0 fully saturated rings. The van der Waals surface area contributed by atoms with Gasteiger partial charge in [-0.3, -0.25) is 9.78 Å². The average Bonchev–Trinajstić information content (AvgIpc) is 2.43. The molecular formula is C16H20N2O2. The van der Waals surface area contributed by atoms with Gasteiger partial charge in [0.1, 0.15) is 0 Å². The molecule has 1 unspecified atom stereocenters. The summed E-state index contributed by atoms with van der Waals surface area (Å²) in [7, 11) is 0. The van der Waals surface area contributed by atoms with Gasteiger partial charge in [0, 0.05) is 29.7 Å². The number of pyridine rings is 1. The molecule has 1 atom stereocenters. The summed E-state index contributed by atoms with van der Waals surface area (Å²) >= 11 is 0. The Balaban J connectivity index is 2.33. The van der Waals surface area contributed by atoms with Gasteiger partial charge in [-0.1, -0.05) is 6.07 Å². The number of nitrogens with zero attached hydrogens (tertiary/aromatic N) is 2. The highest BCUT2D eigenvalue weighted by molar-refractivity contribution is 5.98. The van der Waals surface area contributed by atoms with Crippen molar-refractivity contribution in [3.8, 4) is 0 Å². The summed E-state index contributed by atoms with van der Waals surface area (Å²) in [6.07, 6.45) is 1.20. The van der Waals surface area contributed by atoms with Crippen molar-refractivity contribution < 1.29 is 9.90 Å². The lowest BCUT2D eigenvalue weighted by molar-refractivity contribution is 0.0579. The van der Waals surface area contributed by atoms with Crippen molar-refractivity contribution in [1.29, 1.82) is 0 Å². The smallest absolute Gasteiger partial charge is 0.254 e. The van der Waals surface area contributed by atoms with Gasteiger partial charge in [0.05, 0.1) is 11.6 Å². The van der Waals surface area contributed by atoms with E-state index < -0.39 is 6.10 Å². The van der Waals surface area contributed by atoms with Crippen LogP contribution in [0.5, 0.6) is 0 Å². The van der Waals surface area contributed by atoms with Crippen LogP contribution in [0.1, 0.15) is 31.1 Å². The van der Waals surface area contributed by atoms with Crippen molar-refractivity contribution in [1.82, 2.24) is 9.88 Å². The molecule has 2 aromatic rings. The molecule has 1 aromatic heterocycles. The van der Waals surface area contributed by atoms with Crippen LogP contribution in [0.25, 0.3) is 10.9 Å². The lowest BCUT2D eigenvalue weighted by Gasteiger charge is -2.28. The standard InChI is InChI=1S/C16H20N2O2/c1-11(2)18(10-12(3)19)16(20)14-6-7-15-13(9-14)5-4-8-17-15/h4-9,11-12,19H,10H2,1-3H3. The Morgan fingerprint density at radius 1 is 1.30 bits per heavy atom. The molecule has 1 heterocycles. The molecule has 1 N–H and O–H groups in total. The molecule has 1 aromatic carbocycles. The van der Waals surface area contributed by atoms with Crippen LogP contribution in [0.4, 0.5) is 0 Å². The minimum Gasteiger partial charge on any atom is -0.392 e. The van der Waals surface area contributed by atoms with E-state index in [2.05, 4.69) is 4.98 Å². The molecule has 0 saturated heterocycles. The van der Waals surface area contributed by atoms with Crippen LogP contribution < -0.4 is 0 Å². The first-order valence-corrected chi connectivity index (χ1v) is 6.83. The Hall–Kier alpha value is -1.94. The first kappa shape index (κ1) is 14.5. The second-order valence-electron chi connectivity index (χ2n) is 5.31. The van der Waals surface area contributed by atoms with Gasteiger partial charge in [0.2, 0.25) is 0 Å². The predicted octanol–water partition coefficient (Wildman–Crippen LogP) is 2.47. The minimum absolute atomic E-state index is 0.0432. The third kappa shape index (κ3) is 3.14. The lowest BCUT2D eigenvalue weighted by atomic mass is 10.1. The van der Waals surface area contributed by atoms with Gasteiger partial charge in [-0.25, -0.2) is 0 Å². The largest absolute Gasteiger partial charge is 0.392 e. The van der Waals surface area contributed by atoms with E-state index in [1.165, 1.54) is 0 Å². The number of aliphatic hydroxyl groups excluding tert-OH is 1. The molecular weight excluding hydrogens is 252 g/mol. The second kappa shape index (κ2) is 6.01. The van der Waals surface area contributed by atoms with Crippen molar-refractivity contribution in [2.24, 2.45) is 0 Å². The number of hydrogen-bond acceptors (Lipinski definition) is 3. The molecule has 0 aliphatic heterocycles. The van der Waals surface area contributed by atoms with Crippen molar-refractivity contribution in [3.05, 3.63) is 42.1 Å². The highest BCUT2D eigenvalue weighted by Gasteiger charge is 2.20. The molecule has 1 amide bonds. The maximum absolute atomic E-state index is 12.6. The molecule has 0 bridgehead atoms. The van der Waals surface area contributed by atoms with Crippen LogP contribution in [-0.2, 0) is 0 Å². The fourth-order valence-corrected chi connectivity index (χ4v) is 2.19. The summed E-state index contributed by atoms with van der Waals surface area (Å²) in [5.74, 6) is -0.0633. The molecule has 0 aliphatic carbocycles. The number of carbonyl (C=O) groups is 1. The van der Waals surface area contributed by atoms with Crippen molar-refractivity contribution >= 4 is 16.8 Å². The Morgan fingerprint density at radius 2 is 2.05 bits per heavy atom. The van der Waals surface area contributed by atoms with Gasteiger partial charge in [-0.15, -0.1) is 0 Å². The van der Waals surface area contributed by atoms with Crippen molar-refractivity contribution in [2.45, 2.75) is 32.9 Å². The SMILES string of the molecule is CC(O)CN(C(=O)c1ccc2ncccc2c1)C(C)C. The molecule has 0 spiro atoms. The normalized spacial score (nSPS) is 12.7. The molecule has 20 heavy (non-hydrogen) atoms. The molecule has 106 valence electrons. The number of hydrogen-bond donors (Lipinski definition) is 1. The topological polar surface area (TPSA) is 53.4 Å². The molecule has 0 aliphatic rings. The van der Waals surface area contributed by atoms with Crippen molar-refractivity contribution in [3.63, 3.8) is 0 Å². The fourth-order valence-electron chi connectivity index (χ4n) is 2.19. The second-order valence-corrected chi connectivity index (χ2v) is 5.31. The van der Waals surface area contributed by atoms with Crippen molar-refractivity contribution in [2.75, 3.05) is 6.54 Å². The van der Waals surface area contributed by atoms with E-state index in [1.807, 2.05) is 38.1 Å². The van der Waals surface area contributed by atoms with E-state index in [9.17, 15) is 9.90 Å². The molecule has 0 radical (unpaired) electrons. The fraction of sp³-hybridized carbons (Fsp3) is 0.375. The number of aromatic nitrogens is 1. The maximum atomic E-state index is 12.6. The number of amides is 1. The van der Waals surface area contributed by atoms with E-state index in [0.717, 1.165) is 10.9 Å². The number of rotatable bonds is 4. The Labute approximate surface area is 119 Å². The van der Waals surface area contributed by atoms with E-state index in [4.69, 9.17) is 0 Å². The van der Waals surface area contributed by atoms with Crippen LogP contribution >= 0.6 is 0 Å².